The van der Waals surface area contributed by atoms with Crippen molar-refractivity contribution < 1.29 is 4.74 Å². The number of likely N-dealkylation sites (tertiary alicyclic amines) is 1. The summed E-state index contributed by atoms with van der Waals surface area (Å²) in [6, 6.07) is 9.01. The SMILES string of the molecule is CCNC(=NCc1ccccc1COCC)NCC1CCCN1CC. The van der Waals surface area contributed by atoms with E-state index in [1.54, 1.807) is 0 Å². The highest BCUT2D eigenvalue weighted by molar-refractivity contribution is 5.79. The summed E-state index contributed by atoms with van der Waals surface area (Å²) in [7, 11) is 0. The lowest BCUT2D eigenvalue weighted by Crippen LogP contribution is -2.44. The lowest BCUT2D eigenvalue weighted by molar-refractivity contribution is 0.133. The number of rotatable bonds is 9. The Kier molecular flexibility index (Phi) is 8.77. The Morgan fingerprint density at radius 3 is 2.72 bits per heavy atom. The van der Waals surface area contributed by atoms with E-state index >= 15 is 0 Å². The van der Waals surface area contributed by atoms with E-state index in [-0.39, 0.29) is 0 Å². The number of aliphatic imine (C=N–C) groups is 1. The van der Waals surface area contributed by atoms with Crippen molar-refractivity contribution in [2.75, 3.05) is 32.8 Å². The standard InChI is InChI=1S/C20H34N4O/c1-4-21-20(23-15-19-12-9-13-24(19)5-2)22-14-17-10-7-8-11-18(17)16-25-6-3/h7-8,10-11,19H,4-6,9,12-16H2,1-3H3,(H2,21,22,23). The Morgan fingerprint density at radius 1 is 1.20 bits per heavy atom. The zero-order chi connectivity index (χ0) is 17.9. The van der Waals surface area contributed by atoms with Crippen LogP contribution in [0.1, 0.15) is 44.7 Å². The minimum absolute atomic E-state index is 0.624. The van der Waals surface area contributed by atoms with Gasteiger partial charge in [0.1, 0.15) is 0 Å². The first-order valence-electron chi connectivity index (χ1n) is 9.69. The van der Waals surface area contributed by atoms with Crippen LogP contribution in [0.15, 0.2) is 29.3 Å². The van der Waals surface area contributed by atoms with Crippen molar-refractivity contribution in [3.8, 4) is 0 Å². The molecule has 5 heteroatoms. The molecule has 0 amide bonds. The van der Waals surface area contributed by atoms with Gasteiger partial charge in [0, 0.05) is 25.7 Å². The first-order valence-corrected chi connectivity index (χ1v) is 9.69. The van der Waals surface area contributed by atoms with Crippen molar-refractivity contribution >= 4 is 5.96 Å². The minimum Gasteiger partial charge on any atom is -0.377 e. The normalized spacial score (nSPS) is 18.5. The second-order valence-electron chi connectivity index (χ2n) is 6.41. The summed E-state index contributed by atoms with van der Waals surface area (Å²) >= 11 is 0. The first kappa shape index (κ1) is 19.7. The third-order valence-electron chi connectivity index (χ3n) is 4.74. The van der Waals surface area contributed by atoms with E-state index in [9.17, 15) is 0 Å². The predicted molar refractivity (Wildman–Crippen MR) is 105 cm³/mol. The first-order chi connectivity index (χ1) is 12.3. The lowest BCUT2D eigenvalue weighted by atomic mass is 10.1. The number of hydrogen-bond donors (Lipinski definition) is 2. The summed E-state index contributed by atoms with van der Waals surface area (Å²) in [6.07, 6.45) is 2.58. The molecule has 1 saturated heterocycles. The quantitative estimate of drug-likeness (QED) is 0.533. The fourth-order valence-electron chi connectivity index (χ4n) is 3.33. The maximum absolute atomic E-state index is 5.57. The number of nitrogens with zero attached hydrogens (tertiary/aromatic N) is 2. The van der Waals surface area contributed by atoms with Crippen LogP contribution in [0.25, 0.3) is 0 Å². The molecule has 1 fully saturated rings. The largest absolute Gasteiger partial charge is 0.377 e. The highest BCUT2D eigenvalue weighted by Gasteiger charge is 2.22. The van der Waals surface area contributed by atoms with Crippen molar-refractivity contribution in [3.63, 3.8) is 0 Å². The molecular formula is C20H34N4O. The molecule has 0 aromatic heterocycles. The molecule has 0 aliphatic carbocycles. The van der Waals surface area contributed by atoms with Gasteiger partial charge in [-0.15, -0.1) is 0 Å². The fraction of sp³-hybridized carbons (Fsp3) is 0.650. The third kappa shape index (κ3) is 6.33. The molecular weight excluding hydrogens is 312 g/mol. The zero-order valence-electron chi connectivity index (χ0n) is 16.1. The Morgan fingerprint density at radius 2 is 2.00 bits per heavy atom. The number of benzene rings is 1. The van der Waals surface area contributed by atoms with Crippen LogP contribution in [0.2, 0.25) is 0 Å². The van der Waals surface area contributed by atoms with Crippen LogP contribution in [0.3, 0.4) is 0 Å². The van der Waals surface area contributed by atoms with Gasteiger partial charge in [0.05, 0.1) is 13.2 Å². The van der Waals surface area contributed by atoms with Crippen molar-refractivity contribution in [1.82, 2.24) is 15.5 Å². The van der Waals surface area contributed by atoms with Crippen molar-refractivity contribution in [2.45, 2.75) is 52.8 Å². The number of guanidine groups is 1. The summed E-state index contributed by atoms with van der Waals surface area (Å²) < 4.78 is 5.57. The van der Waals surface area contributed by atoms with Crippen LogP contribution in [0, 0.1) is 0 Å². The van der Waals surface area contributed by atoms with Gasteiger partial charge in [0.15, 0.2) is 5.96 Å². The van der Waals surface area contributed by atoms with Gasteiger partial charge in [0.2, 0.25) is 0 Å². The summed E-state index contributed by atoms with van der Waals surface area (Å²) in [4.78, 5) is 7.33. The monoisotopic (exact) mass is 346 g/mol. The number of likely N-dealkylation sites (N-methyl/N-ethyl adjacent to an activating group) is 1. The van der Waals surface area contributed by atoms with Crippen LogP contribution in [-0.2, 0) is 17.9 Å². The second-order valence-corrected chi connectivity index (χ2v) is 6.41. The molecule has 1 atom stereocenters. The fourth-order valence-corrected chi connectivity index (χ4v) is 3.33. The van der Waals surface area contributed by atoms with Gasteiger partial charge < -0.3 is 15.4 Å². The van der Waals surface area contributed by atoms with Crippen LogP contribution in [-0.4, -0.2) is 49.7 Å². The van der Waals surface area contributed by atoms with E-state index < -0.39 is 0 Å². The molecule has 0 radical (unpaired) electrons. The minimum atomic E-state index is 0.624. The van der Waals surface area contributed by atoms with Gasteiger partial charge in [0.25, 0.3) is 0 Å². The number of nitrogens with one attached hydrogen (secondary N) is 2. The number of ether oxygens (including phenoxy) is 1. The predicted octanol–water partition coefficient (Wildman–Crippen LogP) is 2.76. The van der Waals surface area contributed by atoms with Gasteiger partial charge >= 0.3 is 0 Å². The van der Waals surface area contributed by atoms with Crippen LogP contribution in [0.4, 0.5) is 0 Å². The van der Waals surface area contributed by atoms with E-state index in [4.69, 9.17) is 9.73 Å². The molecule has 1 aromatic rings. The molecule has 5 nitrogen and oxygen atoms in total. The average Bonchev–Trinajstić information content (AvgIpc) is 3.10. The molecule has 0 bridgehead atoms. The Labute approximate surface area is 152 Å². The highest BCUT2D eigenvalue weighted by Crippen LogP contribution is 2.15. The van der Waals surface area contributed by atoms with Gasteiger partial charge in [-0.1, -0.05) is 31.2 Å². The molecule has 2 N–H and O–H groups in total. The van der Waals surface area contributed by atoms with Gasteiger partial charge in [-0.25, -0.2) is 4.99 Å². The van der Waals surface area contributed by atoms with E-state index in [2.05, 4.69) is 53.6 Å². The van der Waals surface area contributed by atoms with Crippen molar-refractivity contribution in [2.24, 2.45) is 4.99 Å². The van der Waals surface area contributed by atoms with E-state index in [0.29, 0.717) is 19.2 Å². The van der Waals surface area contributed by atoms with E-state index in [0.717, 1.165) is 32.2 Å². The molecule has 1 heterocycles. The molecule has 0 saturated carbocycles. The van der Waals surface area contributed by atoms with Gasteiger partial charge in [-0.05, 0) is 50.9 Å². The van der Waals surface area contributed by atoms with Crippen molar-refractivity contribution in [1.29, 1.82) is 0 Å². The van der Waals surface area contributed by atoms with Gasteiger partial charge in [-0.2, -0.15) is 0 Å². The molecule has 140 valence electrons. The molecule has 25 heavy (non-hydrogen) atoms. The van der Waals surface area contributed by atoms with E-state index in [1.807, 2.05) is 6.92 Å². The molecule has 2 rings (SSSR count). The maximum Gasteiger partial charge on any atom is 0.191 e. The maximum atomic E-state index is 5.57. The molecule has 0 spiro atoms. The second kappa shape index (κ2) is 11.1. The van der Waals surface area contributed by atoms with Crippen molar-refractivity contribution in [3.05, 3.63) is 35.4 Å². The summed E-state index contributed by atoms with van der Waals surface area (Å²) in [5.41, 5.74) is 2.45. The molecule has 1 aliphatic heterocycles. The topological polar surface area (TPSA) is 48.9 Å². The molecule has 1 aromatic carbocycles. The zero-order valence-corrected chi connectivity index (χ0v) is 16.1. The van der Waals surface area contributed by atoms with Crippen LogP contribution < -0.4 is 10.6 Å². The van der Waals surface area contributed by atoms with Crippen LogP contribution in [0.5, 0.6) is 0 Å². The Balaban J connectivity index is 1.95. The lowest BCUT2D eigenvalue weighted by Gasteiger charge is -2.24. The Bertz CT molecular complexity index is 532. The Hall–Kier alpha value is -1.59. The molecule has 1 unspecified atom stereocenters. The summed E-state index contributed by atoms with van der Waals surface area (Å²) in [6.45, 7) is 12.6. The van der Waals surface area contributed by atoms with E-state index in [1.165, 1.54) is 30.5 Å². The molecule has 1 aliphatic rings. The van der Waals surface area contributed by atoms with Gasteiger partial charge in [-0.3, -0.25) is 4.90 Å². The smallest absolute Gasteiger partial charge is 0.191 e. The summed E-state index contributed by atoms with van der Waals surface area (Å²) in [5.74, 6) is 0.900. The average molecular weight is 347 g/mol. The highest BCUT2D eigenvalue weighted by atomic mass is 16.5. The summed E-state index contributed by atoms with van der Waals surface area (Å²) in [5, 5.41) is 6.89. The van der Waals surface area contributed by atoms with Crippen LogP contribution >= 0.6 is 0 Å². The third-order valence-corrected chi connectivity index (χ3v) is 4.74. The number of hydrogen-bond acceptors (Lipinski definition) is 3.